The average molecular weight is 289 g/mol. The first kappa shape index (κ1) is 16.4. The lowest BCUT2D eigenvalue weighted by Gasteiger charge is -2.28. The summed E-state index contributed by atoms with van der Waals surface area (Å²) in [5, 5.41) is 0. The maximum absolute atomic E-state index is 5.77. The van der Waals surface area contributed by atoms with Gasteiger partial charge in [-0.2, -0.15) is 0 Å². The largest absolute Gasteiger partial charge is 0.330 e. The molecule has 1 aliphatic rings. The van der Waals surface area contributed by atoms with Gasteiger partial charge in [-0.3, -0.25) is 0 Å². The summed E-state index contributed by atoms with van der Waals surface area (Å²) in [6.07, 6.45) is 9.44. The minimum Gasteiger partial charge on any atom is -0.330 e. The summed E-state index contributed by atoms with van der Waals surface area (Å²) in [7, 11) is 0. The van der Waals surface area contributed by atoms with Crippen molar-refractivity contribution in [3.05, 3.63) is 22.8 Å². The number of rotatable bonds is 6. The Morgan fingerprint density at radius 1 is 1.05 bits per heavy atom. The number of hydrogen-bond donors (Lipinski definition) is 1. The summed E-state index contributed by atoms with van der Waals surface area (Å²) >= 11 is 0. The van der Waals surface area contributed by atoms with Crippen molar-refractivity contribution in [2.45, 2.75) is 78.1 Å². The van der Waals surface area contributed by atoms with Crippen molar-refractivity contribution in [1.29, 1.82) is 0 Å². The summed E-state index contributed by atoms with van der Waals surface area (Å²) in [6.45, 7) is 7.39. The van der Waals surface area contributed by atoms with E-state index in [1.165, 1.54) is 49.1 Å². The van der Waals surface area contributed by atoms with Crippen LogP contribution in [0.15, 0.2) is 0 Å². The van der Waals surface area contributed by atoms with Gasteiger partial charge in [0.25, 0.3) is 0 Å². The van der Waals surface area contributed by atoms with E-state index in [0.717, 1.165) is 31.0 Å². The molecule has 0 aromatic carbocycles. The van der Waals surface area contributed by atoms with Crippen LogP contribution in [0.5, 0.6) is 0 Å². The number of aromatic nitrogens is 2. The zero-order valence-corrected chi connectivity index (χ0v) is 14.0. The molecule has 0 bridgehead atoms. The predicted molar refractivity (Wildman–Crippen MR) is 88.5 cm³/mol. The van der Waals surface area contributed by atoms with E-state index in [4.69, 9.17) is 15.7 Å². The fourth-order valence-corrected chi connectivity index (χ4v) is 3.70. The maximum atomic E-state index is 5.77. The summed E-state index contributed by atoms with van der Waals surface area (Å²) < 4.78 is 0. The molecule has 2 rings (SSSR count). The second kappa shape index (κ2) is 7.88. The van der Waals surface area contributed by atoms with Gasteiger partial charge in [-0.15, -0.1) is 0 Å². The van der Waals surface area contributed by atoms with E-state index in [1.54, 1.807) is 0 Å². The quantitative estimate of drug-likeness (QED) is 0.867. The average Bonchev–Trinajstić information content (AvgIpc) is 2.55. The van der Waals surface area contributed by atoms with E-state index in [0.29, 0.717) is 12.5 Å². The van der Waals surface area contributed by atoms with Crippen molar-refractivity contribution in [2.75, 3.05) is 6.54 Å². The number of nitrogens with two attached hydrogens (primary N) is 1. The molecule has 2 unspecified atom stereocenters. The zero-order chi connectivity index (χ0) is 15.2. The predicted octanol–water partition coefficient (Wildman–Crippen LogP) is 3.79. The van der Waals surface area contributed by atoms with Gasteiger partial charge in [0.1, 0.15) is 5.82 Å². The van der Waals surface area contributed by atoms with Gasteiger partial charge >= 0.3 is 0 Å². The molecule has 118 valence electrons. The van der Waals surface area contributed by atoms with Crippen molar-refractivity contribution < 1.29 is 0 Å². The first-order valence-corrected chi connectivity index (χ1v) is 8.81. The first-order valence-electron chi connectivity index (χ1n) is 8.81. The fourth-order valence-electron chi connectivity index (χ4n) is 3.70. The Bertz CT molecular complexity index is 431. The molecule has 1 aromatic heterocycles. The van der Waals surface area contributed by atoms with Crippen LogP contribution in [0.3, 0.4) is 0 Å². The number of nitrogens with zero attached hydrogens (tertiary/aromatic N) is 2. The van der Waals surface area contributed by atoms with E-state index in [9.17, 15) is 0 Å². The zero-order valence-electron chi connectivity index (χ0n) is 14.0. The molecule has 1 saturated carbocycles. The van der Waals surface area contributed by atoms with E-state index < -0.39 is 0 Å². The van der Waals surface area contributed by atoms with Gasteiger partial charge in [0.05, 0.1) is 0 Å². The second-order valence-corrected chi connectivity index (χ2v) is 6.34. The van der Waals surface area contributed by atoms with Crippen LogP contribution < -0.4 is 5.73 Å². The second-order valence-electron chi connectivity index (χ2n) is 6.34. The molecular formula is C18H31N3. The van der Waals surface area contributed by atoms with Gasteiger partial charge in [-0.1, -0.05) is 40.0 Å². The Kier molecular flexibility index (Phi) is 6.16. The molecule has 1 aliphatic carbocycles. The number of aryl methyl sites for hydroxylation is 2. The standard InChI is InChI=1S/C18H31N3/c1-4-13-8-7-9-14(12-13)18-20-16(5-2)15(10-11-19)17(6-3)21-18/h13-14H,4-12,19H2,1-3H3. The molecule has 0 radical (unpaired) electrons. The van der Waals surface area contributed by atoms with Gasteiger partial charge in [0.15, 0.2) is 0 Å². The lowest BCUT2D eigenvalue weighted by atomic mass is 9.79. The fraction of sp³-hybridized carbons (Fsp3) is 0.778. The minimum atomic E-state index is 0.575. The van der Waals surface area contributed by atoms with Crippen LogP contribution >= 0.6 is 0 Å². The first-order chi connectivity index (χ1) is 10.2. The van der Waals surface area contributed by atoms with Crippen molar-refractivity contribution in [3.8, 4) is 0 Å². The Morgan fingerprint density at radius 3 is 2.24 bits per heavy atom. The van der Waals surface area contributed by atoms with Gasteiger partial charge in [-0.25, -0.2) is 9.97 Å². The summed E-state index contributed by atoms with van der Waals surface area (Å²) in [6, 6.07) is 0. The highest BCUT2D eigenvalue weighted by atomic mass is 14.9. The summed E-state index contributed by atoms with van der Waals surface area (Å²) in [4.78, 5) is 9.89. The Balaban J connectivity index is 2.31. The van der Waals surface area contributed by atoms with Gasteiger partial charge < -0.3 is 5.73 Å². The molecule has 0 saturated heterocycles. The van der Waals surface area contributed by atoms with Crippen LogP contribution in [0.25, 0.3) is 0 Å². The molecule has 1 aromatic rings. The topological polar surface area (TPSA) is 51.8 Å². The highest BCUT2D eigenvalue weighted by molar-refractivity contribution is 5.28. The van der Waals surface area contributed by atoms with E-state index in [-0.39, 0.29) is 0 Å². The molecule has 2 N–H and O–H groups in total. The molecule has 3 nitrogen and oxygen atoms in total. The Hall–Kier alpha value is -0.960. The molecule has 0 amide bonds. The van der Waals surface area contributed by atoms with Crippen LogP contribution in [0.2, 0.25) is 0 Å². The molecule has 1 fully saturated rings. The molecular weight excluding hydrogens is 258 g/mol. The highest BCUT2D eigenvalue weighted by Gasteiger charge is 2.25. The van der Waals surface area contributed by atoms with Crippen LogP contribution in [-0.4, -0.2) is 16.5 Å². The lowest BCUT2D eigenvalue weighted by molar-refractivity contribution is 0.306. The van der Waals surface area contributed by atoms with Gasteiger partial charge in [0.2, 0.25) is 0 Å². The number of hydrogen-bond acceptors (Lipinski definition) is 3. The van der Waals surface area contributed by atoms with Gasteiger partial charge in [0, 0.05) is 17.3 Å². The van der Waals surface area contributed by atoms with Crippen LogP contribution in [0.1, 0.15) is 81.6 Å². The molecule has 0 aliphatic heterocycles. The smallest absolute Gasteiger partial charge is 0.131 e. The molecule has 0 spiro atoms. The third-order valence-electron chi connectivity index (χ3n) is 4.99. The van der Waals surface area contributed by atoms with Crippen LogP contribution in [-0.2, 0) is 19.3 Å². The summed E-state index contributed by atoms with van der Waals surface area (Å²) in [5.41, 5.74) is 9.56. The van der Waals surface area contributed by atoms with E-state index in [1.807, 2.05) is 0 Å². The minimum absolute atomic E-state index is 0.575. The molecule has 2 atom stereocenters. The van der Waals surface area contributed by atoms with Gasteiger partial charge in [-0.05, 0) is 50.1 Å². The van der Waals surface area contributed by atoms with Crippen molar-refractivity contribution >= 4 is 0 Å². The van der Waals surface area contributed by atoms with Crippen molar-refractivity contribution in [2.24, 2.45) is 11.7 Å². The normalized spacial score (nSPS) is 22.5. The highest BCUT2D eigenvalue weighted by Crippen LogP contribution is 2.36. The Morgan fingerprint density at radius 2 is 1.71 bits per heavy atom. The van der Waals surface area contributed by atoms with Crippen molar-refractivity contribution in [1.82, 2.24) is 9.97 Å². The third-order valence-corrected chi connectivity index (χ3v) is 4.99. The monoisotopic (exact) mass is 289 g/mol. The third kappa shape index (κ3) is 3.82. The molecule has 3 heteroatoms. The summed E-state index contributed by atoms with van der Waals surface area (Å²) in [5.74, 6) is 2.56. The van der Waals surface area contributed by atoms with E-state index in [2.05, 4.69) is 20.8 Å². The lowest BCUT2D eigenvalue weighted by Crippen LogP contribution is -2.19. The van der Waals surface area contributed by atoms with Crippen LogP contribution in [0.4, 0.5) is 0 Å². The Labute approximate surface area is 129 Å². The van der Waals surface area contributed by atoms with Crippen LogP contribution in [0, 0.1) is 5.92 Å². The van der Waals surface area contributed by atoms with Crippen molar-refractivity contribution in [3.63, 3.8) is 0 Å². The molecule has 21 heavy (non-hydrogen) atoms. The van der Waals surface area contributed by atoms with E-state index >= 15 is 0 Å². The molecule has 1 heterocycles. The maximum Gasteiger partial charge on any atom is 0.131 e. The SMILES string of the molecule is CCc1nc(C2CCCC(CC)C2)nc(CC)c1CCN.